The first-order valence-corrected chi connectivity index (χ1v) is 9.70. The maximum atomic E-state index is 12.9. The van der Waals surface area contributed by atoms with Crippen LogP contribution in [0.3, 0.4) is 0 Å². The fourth-order valence-electron chi connectivity index (χ4n) is 3.39. The van der Waals surface area contributed by atoms with Gasteiger partial charge in [-0.2, -0.15) is 5.10 Å². The predicted molar refractivity (Wildman–Crippen MR) is 122 cm³/mol. The van der Waals surface area contributed by atoms with E-state index in [1.807, 2.05) is 38.2 Å². The second kappa shape index (κ2) is 7.91. The molecule has 2 amide bonds. The van der Waals surface area contributed by atoms with Crippen LogP contribution in [0.25, 0.3) is 22.2 Å². The smallest absolute Gasteiger partial charge is 0.255 e. The summed E-state index contributed by atoms with van der Waals surface area (Å²) in [6, 6.07) is 14.4. The van der Waals surface area contributed by atoms with E-state index in [9.17, 15) is 9.59 Å². The van der Waals surface area contributed by atoms with Gasteiger partial charge in [-0.3, -0.25) is 14.3 Å². The lowest BCUT2D eigenvalue weighted by Crippen LogP contribution is -2.13. The number of benzene rings is 2. The molecule has 4 N–H and O–H groups in total. The number of hydrogen-bond donors (Lipinski definition) is 3. The topological polar surface area (TPSA) is 115 Å². The van der Waals surface area contributed by atoms with Crippen LogP contribution >= 0.6 is 0 Å². The maximum Gasteiger partial charge on any atom is 0.255 e. The molecule has 2 heterocycles. The van der Waals surface area contributed by atoms with E-state index in [-0.39, 0.29) is 11.8 Å². The molecule has 4 rings (SSSR count). The van der Waals surface area contributed by atoms with E-state index >= 15 is 0 Å². The van der Waals surface area contributed by atoms with Crippen LogP contribution in [0.4, 0.5) is 17.2 Å². The van der Waals surface area contributed by atoms with Crippen LogP contribution in [0.15, 0.2) is 54.7 Å². The molecule has 4 aromatic rings. The van der Waals surface area contributed by atoms with E-state index in [2.05, 4.69) is 20.7 Å². The van der Waals surface area contributed by atoms with Crippen molar-refractivity contribution in [1.29, 1.82) is 0 Å². The number of nitrogens with two attached hydrogens (primary N) is 1. The SMILES string of the molecule is CC(=O)Nc1cc(NC(=O)c2ccc3c(c2)c(-c2ccc(N)nc2)nn3C)ccc1C. The third-order valence-corrected chi connectivity index (χ3v) is 4.98. The number of nitrogen functional groups attached to an aromatic ring is 1. The summed E-state index contributed by atoms with van der Waals surface area (Å²) in [6.07, 6.45) is 1.67. The summed E-state index contributed by atoms with van der Waals surface area (Å²) in [5.41, 5.74) is 10.8. The van der Waals surface area contributed by atoms with Gasteiger partial charge in [-0.25, -0.2) is 4.98 Å². The van der Waals surface area contributed by atoms with Crippen molar-refractivity contribution >= 4 is 39.9 Å². The van der Waals surface area contributed by atoms with Crippen molar-refractivity contribution in [2.45, 2.75) is 13.8 Å². The van der Waals surface area contributed by atoms with Crippen molar-refractivity contribution in [1.82, 2.24) is 14.8 Å². The minimum absolute atomic E-state index is 0.168. The quantitative estimate of drug-likeness (QED) is 0.471. The molecule has 0 aliphatic rings. The molecule has 0 radical (unpaired) electrons. The standard InChI is InChI=1S/C23H22N6O2/c1-13-4-7-17(11-19(13)26-14(2)30)27-23(31)15-5-8-20-18(10-15)22(28-29(20)3)16-6-9-21(24)25-12-16/h4-12H,1-3H3,(H2,24,25)(H,26,30)(H,27,31). The highest BCUT2D eigenvalue weighted by atomic mass is 16.2. The van der Waals surface area contributed by atoms with Crippen molar-refractivity contribution in [2.24, 2.45) is 7.05 Å². The molecule has 0 bridgehead atoms. The van der Waals surface area contributed by atoms with Crippen LogP contribution < -0.4 is 16.4 Å². The summed E-state index contributed by atoms with van der Waals surface area (Å²) in [7, 11) is 1.85. The summed E-state index contributed by atoms with van der Waals surface area (Å²) < 4.78 is 1.77. The Balaban J connectivity index is 1.67. The molecule has 0 aliphatic heterocycles. The Bertz CT molecular complexity index is 1310. The fourth-order valence-corrected chi connectivity index (χ4v) is 3.39. The second-order valence-electron chi connectivity index (χ2n) is 7.34. The first-order valence-electron chi connectivity index (χ1n) is 9.70. The van der Waals surface area contributed by atoms with Gasteiger partial charge in [0.1, 0.15) is 11.5 Å². The number of carbonyl (C=O) groups excluding carboxylic acids is 2. The Labute approximate surface area is 179 Å². The third-order valence-electron chi connectivity index (χ3n) is 4.98. The van der Waals surface area contributed by atoms with Gasteiger partial charge in [0.25, 0.3) is 5.91 Å². The molecule has 31 heavy (non-hydrogen) atoms. The first-order chi connectivity index (χ1) is 14.8. The zero-order valence-electron chi connectivity index (χ0n) is 17.4. The zero-order valence-corrected chi connectivity index (χ0v) is 17.4. The number of amides is 2. The molecule has 0 unspecified atom stereocenters. The number of aromatic nitrogens is 3. The number of fused-ring (bicyclic) bond motifs is 1. The van der Waals surface area contributed by atoms with E-state index in [1.165, 1.54) is 6.92 Å². The van der Waals surface area contributed by atoms with Gasteiger partial charge in [0.05, 0.1) is 5.52 Å². The molecule has 2 aromatic carbocycles. The Morgan fingerprint density at radius 2 is 1.84 bits per heavy atom. The Hall–Kier alpha value is -4.20. The van der Waals surface area contributed by atoms with Gasteiger partial charge >= 0.3 is 0 Å². The lowest BCUT2D eigenvalue weighted by molar-refractivity contribution is -0.114. The molecule has 0 fully saturated rings. The summed E-state index contributed by atoms with van der Waals surface area (Å²) in [6.45, 7) is 3.34. The monoisotopic (exact) mass is 414 g/mol. The van der Waals surface area contributed by atoms with E-state index in [1.54, 1.807) is 35.1 Å². The third kappa shape index (κ3) is 4.09. The highest BCUT2D eigenvalue weighted by Crippen LogP contribution is 2.29. The van der Waals surface area contributed by atoms with Gasteiger partial charge in [0.2, 0.25) is 5.91 Å². The van der Waals surface area contributed by atoms with Crippen molar-refractivity contribution in [2.75, 3.05) is 16.4 Å². The summed E-state index contributed by atoms with van der Waals surface area (Å²) in [5, 5.41) is 11.1. The molecule has 8 heteroatoms. The number of hydrogen-bond acceptors (Lipinski definition) is 5. The molecule has 156 valence electrons. The molecule has 0 atom stereocenters. The van der Waals surface area contributed by atoms with Crippen molar-refractivity contribution in [3.63, 3.8) is 0 Å². The number of carbonyl (C=O) groups is 2. The molecule has 0 aliphatic carbocycles. The second-order valence-corrected chi connectivity index (χ2v) is 7.34. The van der Waals surface area contributed by atoms with E-state index < -0.39 is 0 Å². The Kier molecular flexibility index (Phi) is 5.12. The summed E-state index contributed by atoms with van der Waals surface area (Å²) >= 11 is 0. The Morgan fingerprint density at radius 1 is 1.03 bits per heavy atom. The first kappa shape index (κ1) is 20.1. The van der Waals surface area contributed by atoms with Crippen LogP contribution in [-0.2, 0) is 11.8 Å². The molecule has 2 aromatic heterocycles. The van der Waals surface area contributed by atoms with E-state index in [4.69, 9.17) is 5.73 Å². The molecule has 8 nitrogen and oxygen atoms in total. The number of pyridine rings is 1. The molecule has 0 saturated heterocycles. The van der Waals surface area contributed by atoms with Gasteiger partial charge in [-0.1, -0.05) is 6.07 Å². The molecular weight excluding hydrogens is 392 g/mol. The van der Waals surface area contributed by atoms with Crippen molar-refractivity contribution in [3.8, 4) is 11.3 Å². The van der Waals surface area contributed by atoms with E-state index in [0.29, 0.717) is 22.8 Å². The predicted octanol–water partition coefficient (Wildman–Crippen LogP) is 3.74. The van der Waals surface area contributed by atoms with Crippen molar-refractivity contribution < 1.29 is 9.59 Å². The maximum absolute atomic E-state index is 12.9. The van der Waals surface area contributed by atoms with Crippen LogP contribution in [0.5, 0.6) is 0 Å². The number of rotatable bonds is 4. The van der Waals surface area contributed by atoms with E-state index in [0.717, 1.165) is 27.7 Å². The molecule has 0 spiro atoms. The number of nitrogens with zero attached hydrogens (tertiary/aromatic N) is 3. The number of anilines is 3. The average Bonchev–Trinajstić information content (AvgIpc) is 3.06. The van der Waals surface area contributed by atoms with Gasteiger partial charge in [0.15, 0.2) is 0 Å². The van der Waals surface area contributed by atoms with Gasteiger partial charge in [-0.05, 0) is 55.0 Å². The summed E-state index contributed by atoms with van der Waals surface area (Å²) in [4.78, 5) is 28.5. The van der Waals surface area contributed by atoms with Gasteiger partial charge in [0, 0.05) is 48.1 Å². The van der Waals surface area contributed by atoms with Gasteiger partial charge in [-0.15, -0.1) is 0 Å². The highest BCUT2D eigenvalue weighted by Gasteiger charge is 2.15. The zero-order chi connectivity index (χ0) is 22.1. The minimum atomic E-state index is -0.259. The minimum Gasteiger partial charge on any atom is -0.384 e. The normalized spacial score (nSPS) is 10.8. The Morgan fingerprint density at radius 3 is 2.55 bits per heavy atom. The lowest BCUT2D eigenvalue weighted by atomic mass is 10.1. The van der Waals surface area contributed by atoms with Gasteiger partial charge < -0.3 is 16.4 Å². The molecule has 0 saturated carbocycles. The number of aryl methyl sites for hydroxylation is 2. The largest absolute Gasteiger partial charge is 0.384 e. The summed E-state index contributed by atoms with van der Waals surface area (Å²) in [5.74, 6) is 0.00355. The van der Waals surface area contributed by atoms with Crippen LogP contribution in [0.1, 0.15) is 22.8 Å². The van der Waals surface area contributed by atoms with Crippen molar-refractivity contribution in [3.05, 3.63) is 65.9 Å². The lowest BCUT2D eigenvalue weighted by Gasteiger charge is -2.11. The highest BCUT2D eigenvalue weighted by molar-refractivity contribution is 6.08. The van der Waals surface area contributed by atoms with Crippen LogP contribution in [0, 0.1) is 6.92 Å². The van der Waals surface area contributed by atoms with Crippen LogP contribution in [0.2, 0.25) is 0 Å². The number of nitrogens with one attached hydrogen (secondary N) is 2. The fraction of sp³-hybridized carbons (Fsp3) is 0.130. The molecular formula is C23H22N6O2. The average molecular weight is 414 g/mol. The van der Waals surface area contributed by atoms with Crippen LogP contribution in [-0.4, -0.2) is 26.6 Å².